The summed E-state index contributed by atoms with van der Waals surface area (Å²) in [4.78, 5) is 12.4. The summed E-state index contributed by atoms with van der Waals surface area (Å²) in [6.45, 7) is 3.06. The van der Waals surface area contributed by atoms with Crippen molar-refractivity contribution in [2.45, 2.75) is 50.7 Å². The van der Waals surface area contributed by atoms with Crippen molar-refractivity contribution in [3.05, 3.63) is 42.5 Å². The van der Waals surface area contributed by atoms with E-state index < -0.39 is 40.6 Å². The number of hydrogen-bond donors (Lipinski definition) is 3. The van der Waals surface area contributed by atoms with Crippen molar-refractivity contribution in [2.24, 2.45) is 0 Å². The van der Waals surface area contributed by atoms with E-state index in [0.29, 0.717) is 16.7 Å². The van der Waals surface area contributed by atoms with Crippen LogP contribution in [0.25, 0.3) is 11.2 Å². The maximum absolute atomic E-state index is 12.4. The molecular formula is C20H24N6O7S. The highest BCUT2D eigenvalue weighted by Crippen LogP contribution is 2.44. The molecule has 4 atom stereocenters. The van der Waals surface area contributed by atoms with Gasteiger partial charge < -0.3 is 25.1 Å². The number of para-hydroxylation sites is 1. The largest absolute Gasteiger partial charge is 0.508 e. The molecule has 2 fully saturated rings. The van der Waals surface area contributed by atoms with E-state index in [1.807, 2.05) is 0 Å². The Morgan fingerprint density at radius 3 is 2.76 bits per heavy atom. The highest BCUT2D eigenvalue weighted by molar-refractivity contribution is 7.84. The van der Waals surface area contributed by atoms with E-state index in [2.05, 4.69) is 19.7 Å². The highest BCUT2D eigenvalue weighted by atomic mass is 32.2. The van der Waals surface area contributed by atoms with E-state index in [-0.39, 0.29) is 24.7 Å². The van der Waals surface area contributed by atoms with E-state index in [1.165, 1.54) is 18.7 Å². The van der Waals surface area contributed by atoms with Crippen LogP contribution in [0, 0.1) is 0 Å². The normalized spacial score (nSPS) is 26.2. The van der Waals surface area contributed by atoms with Crippen LogP contribution >= 0.6 is 0 Å². The van der Waals surface area contributed by atoms with Gasteiger partial charge in [-0.2, -0.15) is 13.1 Å². The number of rotatable bonds is 7. The van der Waals surface area contributed by atoms with Gasteiger partial charge in [0.15, 0.2) is 23.5 Å². The summed E-state index contributed by atoms with van der Waals surface area (Å²) in [5.41, 5.74) is 7.16. The summed E-state index contributed by atoms with van der Waals surface area (Å²) in [5, 5.41) is 9.82. The number of nitrogen functional groups attached to an aromatic ring is 1. The SMILES string of the molecule is CC1(C)O[C@@H]2[C@H](O1)[C@@H](COS(=O)(=O)NCc1ccccc1O)O[C@H]2n1cnc2c(N)ncnc21. The number of phenols is 1. The first-order valence-corrected chi connectivity index (χ1v) is 11.9. The minimum atomic E-state index is -4.15. The molecular weight excluding hydrogens is 468 g/mol. The third kappa shape index (κ3) is 4.31. The number of nitrogens with two attached hydrogens (primary N) is 1. The fraction of sp³-hybridized carbons (Fsp3) is 0.450. The van der Waals surface area contributed by atoms with Crippen molar-refractivity contribution in [1.82, 2.24) is 24.2 Å². The zero-order chi connectivity index (χ0) is 24.1. The molecule has 2 aromatic heterocycles. The number of benzene rings is 1. The first kappa shape index (κ1) is 22.9. The molecule has 0 aliphatic carbocycles. The Bertz CT molecular complexity index is 1310. The van der Waals surface area contributed by atoms with Gasteiger partial charge in [0.25, 0.3) is 0 Å². The van der Waals surface area contributed by atoms with Crippen LogP contribution in [0.15, 0.2) is 36.9 Å². The predicted octanol–water partition coefficient (Wildman–Crippen LogP) is 0.583. The maximum Gasteiger partial charge on any atom is 0.336 e. The number of ether oxygens (including phenoxy) is 3. The predicted molar refractivity (Wildman–Crippen MR) is 117 cm³/mol. The first-order chi connectivity index (χ1) is 16.1. The van der Waals surface area contributed by atoms with Crippen LogP contribution in [0.4, 0.5) is 5.82 Å². The Morgan fingerprint density at radius 1 is 1.21 bits per heavy atom. The number of nitrogens with one attached hydrogen (secondary N) is 1. The van der Waals surface area contributed by atoms with E-state index in [0.717, 1.165) is 0 Å². The molecule has 4 heterocycles. The summed E-state index contributed by atoms with van der Waals surface area (Å²) in [5.74, 6) is -0.711. The summed E-state index contributed by atoms with van der Waals surface area (Å²) in [6.07, 6.45) is 0.174. The molecule has 0 amide bonds. The summed E-state index contributed by atoms with van der Waals surface area (Å²) in [6, 6.07) is 6.40. The van der Waals surface area contributed by atoms with Crippen LogP contribution in [0.5, 0.6) is 5.75 Å². The molecule has 2 aliphatic heterocycles. The van der Waals surface area contributed by atoms with Crippen molar-refractivity contribution in [1.29, 1.82) is 0 Å². The third-order valence-corrected chi connectivity index (χ3v) is 6.55. The molecule has 0 unspecified atom stereocenters. The van der Waals surface area contributed by atoms with E-state index in [4.69, 9.17) is 24.1 Å². The molecule has 182 valence electrons. The molecule has 0 bridgehead atoms. The number of aromatic hydroxyl groups is 1. The summed E-state index contributed by atoms with van der Waals surface area (Å²) in [7, 11) is -4.15. The van der Waals surface area contributed by atoms with E-state index in [9.17, 15) is 13.5 Å². The lowest BCUT2D eigenvalue weighted by molar-refractivity contribution is -0.198. The van der Waals surface area contributed by atoms with Crippen molar-refractivity contribution >= 4 is 27.3 Å². The standard InChI is InChI=1S/C20H24N6O7S/c1-20(2)32-15-13(8-30-34(28,29)25-7-11-5-3-4-6-12(11)27)31-19(16(15)33-20)26-10-24-14-17(21)22-9-23-18(14)26/h3-6,9-10,13,15-16,19,25,27H,7-8H2,1-2H3,(H2,21,22,23)/t13-,15-,16-,19-/m1/s1. The van der Waals surface area contributed by atoms with Crippen LogP contribution in [0.3, 0.4) is 0 Å². The lowest BCUT2D eigenvalue weighted by atomic mass is 10.1. The van der Waals surface area contributed by atoms with Crippen LogP contribution in [0.1, 0.15) is 25.6 Å². The number of imidazole rings is 1. The van der Waals surface area contributed by atoms with Crippen LogP contribution in [-0.2, 0) is 35.2 Å². The van der Waals surface area contributed by atoms with Gasteiger partial charge in [0.1, 0.15) is 35.9 Å². The Kier molecular flexibility index (Phi) is 5.66. The zero-order valence-electron chi connectivity index (χ0n) is 18.4. The fourth-order valence-corrected chi connectivity index (χ4v) is 4.83. The molecule has 13 nitrogen and oxygen atoms in total. The van der Waals surface area contributed by atoms with Crippen LogP contribution in [0.2, 0.25) is 0 Å². The molecule has 5 rings (SSSR count). The van der Waals surface area contributed by atoms with Gasteiger partial charge in [-0.15, -0.1) is 0 Å². The van der Waals surface area contributed by atoms with Crippen LogP contribution < -0.4 is 10.5 Å². The summed E-state index contributed by atoms with van der Waals surface area (Å²) >= 11 is 0. The summed E-state index contributed by atoms with van der Waals surface area (Å²) < 4.78 is 52.1. The number of hydrogen-bond acceptors (Lipinski definition) is 11. The average molecular weight is 493 g/mol. The Balaban J connectivity index is 1.32. The molecule has 2 aliphatic rings. The van der Waals surface area contributed by atoms with Gasteiger partial charge in [0, 0.05) is 12.1 Å². The molecule has 0 spiro atoms. The van der Waals surface area contributed by atoms with E-state index in [1.54, 1.807) is 36.6 Å². The zero-order valence-corrected chi connectivity index (χ0v) is 19.2. The molecule has 4 N–H and O–H groups in total. The van der Waals surface area contributed by atoms with Gasteiger partial charge >= 0.3 is 10.3 Å². The van der Waals surface area contributed by atoms with E-state index >= 15 is 0 Å². The van der Waals surface area contributed by atoms with Gasteiger partial charge in [-0.05, 0) is 19.9 Å². The molecule has 3 aromatic rings. The molecule has 14 heteroatoms. The Morgan fingerprint density at radius 2 is 1.97 bits per heavy atom. The van der Waals surface area contributed by atoms with Gasteiger partial charge in [-0.3, -0.25) is 8.75 Å². The number of aromatic nitrogens is 4. The first-order valence-electron chi connectivity index (χ1n) is 10.5. The number of phenolic OH excluding ortho intramolecular Hbond substituents is 1. The number of anilines is 1. The number of fused-ring (bicyclic) bond motifs is 2. The van der Waals surface area contributed by atoms with Gasteiger partial charge in [-0.25, -0.2) is 15.0 Å². The molecule has 0 radical (unpaired) electrons. The van der Waals surface area contributed by atoms with Crippen molar-refractivity contribution in [2.75, 3.05) is 12.3 Å². The smallest absolute Gasteiger partial charge is 0.336 e. The van der Waals surface area contributed by atoms with Crippen molar-refractivity contribution in [3.63, 3.8) is 0 Å². The fourth-order valence-electron chi connectivity index (χ4n) is 4.10. The lowest BCUT2D eigenvalue weighted by Gasteiger charge is -2.24. The minimum Gasteiger partial charge on any atom is -0.508 e. The second kappa shape index (κ2) is 8.41. The Labute approximate surface area is 195 Å². The number of nitrogens with zero attached hydrogens (tertiary/aromatic N) is 4. The molecule has 34 heavy (non-hydrogen) atoms. The topological polar surface area (TPSA) is 173 Å². The molecule has 1 aromatic carbocycles. The second-order valence-corrected chi connectivity index (χ2v) is 9.83. The highest BCUT2D eigenvalue weighted by Gasteiger charge is 2.56. The Hall–Kier alpha value is -2.88. The maximum atomic E-state index is 12.4. The van der Waals surface area contributed by atoms with Gasteiger partial charge in [0.2, 0.25) is 0 Å². The van der Waals surface area contributed by atoms with Crippen LogP contribution in [-0.4, -0.2) is 63.7 Å². The van der Waals surface area contributed by atoms with Gasteiger partial charge in [0.05, 0.1) is 12.9 Å². The lowest BCUT2D eigenvalue weighted by Crippen LogP contribution is -2.35. The average Bonchev–Trinajstić information content (AvgIpc) is 3.43. The minimum absolute atomic E-state index is 0.0225. The third-order valence-electron chi connectivity index (χ3n) is 5.60. The monoisotopic (exact) mass is 492 g/mol. The quantitative estimate of drug-likeness (QED) is 0.421. The second-order valence-electron chi connectivity index (χ2n) is 8.40. The van der Waals surface area contributed by atoms with Crippen molar-refractivity contribution < 1.29 is 31.9 Å². The molecule has 2 saturated heterocycles. The van der Waals surface area contributed by atoms with Gasteiger partial charge in [-0.1, -0.05) is 18.2 Å². The van der Waals surface area contributed by atoms with Crippen molar-refractivity contribution in [3.8, 4) is 5.75 Å². The molecule has 0 saturated carbocycles.